The molecule has 1 unspecified atom stereocenters. The van der Waals surface area contributed by atoms with E-state index in [1.54, 1.807) is 11.3 Å². The van der Waals surface area contributed by atoms with Crippen LogP contribution in [0.25, 0.3) is 10.9 Å². The number of hydrogen-bond donors (Lipinski definition) is 1. The van der Waals surface area contributed by atoms with Gasteiger partial charge in [0.1, 0.15) is 0 Å². The van der Waals surface area contributed by atoms with E-state index in [2.05, 4.69) is 60.3 Å². The molecule has 0 aliphatic carbocycles. The first-order chi connectivity index (χ1) is 10.0. The van der Waals surface area contributed by atoms with Crippen molar-refractivity contribution in [3.8, 4) is 0 Å². The highest BCUT2D eigenvalue weighted by molar-refractivity contribution is 7.11. The lowest BCUT2D eigenvalue weighted by Gasteiger charge is -2.16. The SMILES string of the molecule is Cc1cc(NC(C)c2sc(C)nc2C)c2ccccc2n1. The summed E-state index contributed by atoms with van der Waals surface area (Å²) < 4.78 is 0. The third kappa shape index (κ3) is 2.76. The quantitative estimate of drug-likeness (QED) is 0.755. The number of para-hydroxylation sites is 1. The molecule has 3 aromatic rings. The molecule has 2 heterocycles. The normalized spacial score (nSPS) is 12.6. The molecule has 0 bridgehead atoms. The average Bonchev–Trinajstić information content (AvgIpc) is 2.77. The van der Waals surface area contributed by atoms with Crippen LogP contribution in [0, 0.1) is 20.8 Å². The predicted octanol–water partition coefficient (Wildman–Crippen LogP) is 4.79. The summed E-state index contributed by atoms with van der Waals surface area (Å²) in [4.78, 5) is 10.4. The Bertz CT molecular complexity index is 792. The Labute approximate surface area is 129 Å². The Kier molecular flexibility index (Phi) is 3.64. The number of aromatic nitrogens is 2. The summed E-state index contributed by atoms with van der Waals surface area (Å²) in [5.41, 5.74) is 4.31. The minimum absolute atomic E-state index is 0.237. The standard InChI is InChI=1S/C17H19N3S/c1-10-9-16(14-7-5-6-8-15(14)18-10)20-12(3)17-11(2)19-13(4)21-17/h5-9,12H,1-4H3,(H,18,20). The summed E-state index contributed by atoms with van der Waals surface area (Å²) in [5.74, 6) is 0. The van der Waals surface area contributed by atoms with Gasteiger partial charge in [-0.25, -0.2) is 4.98 Å². The first-order valence-electron chi connectivity index (χ1n) is 7.11. The Hall–Kier alpha value is -1.94. The van der Waals surface area contributed by atoms with Gasteiger partial charge in [-0.05, 0) is 39.8 Å². The van der Waals surface area contributed by atoms with Crippen LogP contribution in [0.1, 0.15) is 34.2 Å². The highest BCUT2D eigenvalue weighted by Crippen LogP contribution is 2.30. The van der Waals surface area contributed by atoms with E-state index in [-0.39, 0.29) is 6.04 Å². The van der Waals surface area contributed by atoms with E-state index in [1.807, 2.05) is 13.0 Å². The molecule has 0 aliphatic heterocycles. The summed E-state index contributed by atoms with van der Waals surface area (Å²) in [5, 5.41) is 5.91. The van der Waals surface area contributed by atoms with Gasteiger partial charge in [-0.1, -0.05) is 18.2 Å². The molecule has 4 heteroatoms. The van der Waals surface area contributed by atoms with Crippen molar-refractivity contribution in [3.05, 3.63) is 51.6 Å². The second-order valence-electron chi connectivity index (χ2n) is 5.38. The van der Waals surface area contributed by atoms with Crippen LogP contribution >= 0.6 is 11.3 Å². The third-order valence-electron chi connectivity index (χ3n) is 3.55. The van der Waals surface area contributed by atoms with Crippen molar-refractivity contribution in [1.29, 1.82) is 0 Å². The van der Waals surface area contributed by atoms with Crippen molar-refractivity contribution in [3.63, 3.8) is 0 Å². The van der Waals surface area contributed by atoms with Gasteiger partial charge in [0.05, 0.1) is 22.3 Å². The zero-order valence-electron chi connectivity index (χ0n) is 12.8. The minimum Gasteiger partial charge on any atom is -0.377 e. The third-order valence-corrected chi connectivity index (χ3v) is 4.80. The van der Waals surface area contributed by atoms with E-state index >= 15 is 0 Å². The van der Waals surface area contributed by atoms with Crippen LogP contribution < -0.4 is 5.32 Å². The lowest BCUT2D eigenvalue weighted by molar-refractivity contribution is 0.891. The first-order valence-corrected chi connectivity index (χ1v) is 7.93. The Morgan fingerprint density at radius 1 is 1.10 bits per heavy atom. The number of hydrogen-bond acceptors (Lipinski definition) is 4. The molecule has 2 aromatic heterocycles. The molecule has 0 amide bonds. The average molecular weight is 297 g/mol. The van der Waals surface area contributed by atoms with Gasteiger partial charge >= 0.3 is 0 Å². The van der Waals surface area contributed by atoms with E-state index in [9.17, 15) is 0 Å². The van der Waals surface area contributed by atoms with Crippen LogP contribution in [0.3, 0.4) is 0 Å². The lowest BCUT2D eigenvalue weighted by Crippen LogP contribution is -2.07. The maximum atomic E-state index is 4.59. The van der Waals surface area contributed by atoms with Crippen molar-refractivity contribution in [1.82, 2.24) is 9.97 Å². The van der Waals surface area contributed by atoms with E-state index in [0.717, 1.165) is 33.0 Å². The summed E-state index contributed by atoms with van der Waals surface area (Å²) in [6.45, 7) is 8.35. The molecule has 0 saturated carbocycles. The lowest BCUT2D eigenvalue weighted by atomic mass is 10.1. The smallest absolute Gasteiger partial charge is 0.0900 e. The molecular formula is C17H19N3S. The molecule has 3 rings (SSSR count). The van der Waals surface area contributed by atoms with Gasteiger partial charge in [-0.3, -0.25) is 4.98 Å². The number of fused-ring (bicyclic) bond motifs is 1. The maximum absolute atomic E-state index is 4.59. The fourth-order valence-electron chi connectivity index (χ4n) is 2.67. The Morgan fingerprint density at radius 2 is 1.86 bits per heavy atom. The van der Waals surface area contributed by atoms with Crippen LogP contribution in [0.15, 0.2) is 30.3 Å². The van der Waals surface area contributed by atoms with Crippen molar-refractivity contribution < 1.29 is 0 Å². The molecule has 1 aromatic carbocycles. The predicted molar refractivity (Wildman–Crippen MR) is 90.1 cm³/mol. The molecule has 3 nitrogen and oxygen atoms in total. The molecule has 0 aliphatic rings. The van der Waals surface area contributed by atoms with Crippen LogP contribution in [0.4, 0.5) is 5.69 Å². The number of aryl methyl sites for hydroxylation is 3. The molecule has 1 atom stereocenters. The Balaban J connectivity index is 1.99. The molecule has 0 saturated heterocycles. The summed E-state index contributed by atoms with van der Waals surface area (Å²) in [6, 6.07) is 10.6. The number of thiazole rings is 1. The molecule has 108 valence electrons. The Morgan fingerprint density at radius 3 is 2.57 bits per heavy atom. The van der Waals surface area contributed by atoms with Crippen molar-refractivity contribution in [2.45, 2.75) is 33.7 Å². The summed E-state index contributed by atoms with van der Waals surface area (Å²) in [6.07, 6.45) is 0. The van der Waals surface area contributed by atoms with Gasteiger partial charge in [-0.15, -0.1) is 11.3 Å². The highest BCUT2D eigenvalue weighted by Gasteiger charge is 2.14. The zero-order chi connectivity index (χ0) is 15.0. The number of pyridine rings is 1. The monoisotopic (exact) mass is 297 g/mol. The largest absolute Gasteiger partial charge is 0.377 e. The molecule has 1 N–H and O–H groups in total. The van der Waals surface area contributed by atoms with Gasteiger partial charge in [0, 0.05) is 21.6 Å². The van der Waals surface area contributed by atoms with E-state index in [0.29, 0.717) is 0 Å². The summed E-state index contributed by atoms with van der Waals surface area (Å²) in [7, 11) is 0. The van der Waals surface area contributed by atoms with Crippen molar-refractivity contribution in [2.24, 2.45) is 0 Å². The second kappa shape index (κ2) is 5.45. The molecule has 0 fully saturated rings. The molecule has 21 heavy (non-hydrogen) atoms. The molecular weight excluding hydrogens is 278 g/mol. The van der Waals surface area contributed by atoms with Gasteiger partial charge in [0.15, 0.2) is 0 Å². The number of benzene rings is 1. The van der Waals surface area contributed by atoms with Gasteiger partial charge in [0.2, 0.25) is 0 Å². The highest BCUT2D eigenvalue weighted by atomic mass is 32.1. The number of nitrogens with zero attached hydrogens (tertiary/aromatic N) is 2. The van der Waals surface area contributed by atoms with E-state index in [4.69, 9.17) is 0 Å². The molecule has 0 spiro atoms. The van der Waals surface area contributed by atoms with Gasteiger partial charge in [-0.2, -0.15) is 0 Å². The topological polar surface area (TPSA) is 37.8 Å². The van der Waals surface area contributed by atoms with Crippen molar-refractivity contribution >= 4 is 27.9 Å². The molecule has 0 radical (unpaired) electrons. The number of anilines is 1. The van der Waals surface area contributed by atoms with Crippen LogP contribution in [0.5, 0.6) is 0 Å². The van der Waals surface area contributed by atoms with Crippen LogP contribution in [-0.2, 0) is 0 Å². The van der Waals surface area contributed by atoms with E-state index < -0.39 is 0 Å². The van der Waals surface area contributed by atoms with Crippen LogP contribution in [-0.4, -0.2) is 9.97 Å². The van der Waals surface area contributed by atoms with E-state index in [1.165, 1.54) is 4.88 Å². The number of rotatable bonds is 3. The van der Waals surface area contributed by atoms with Crippen LogP contribution in [0.2, 0.25) is 0 Å². The minimum atomic E-state index is 0.237. The zero-order valence-corrected chi connectivity index (χ0v) is 13.6. The van der Waals surface area contributed by atoms with Gasteiger partial charge < -0.3 is 5.32 Å². The summed E-state index contributed by atoms with van der Waals surface area (Å²) >= 11 is 1.76. The fourth-order valence-corrected chi connectivity index (χ4v) is 3.60. The van der Waals surface area contributed by atoms with Gasteiger partial charge in [0.25, 0.3) is 0 Å². The maximum Gasteiger partial charge on any atom is 0.0900 e. The van der Waals surface area contributed by atoms with Crippen molar-refractivity contribution in [2.75, 3.05) is 5.32 Å². The second-order valence-corrected chi connectivity index (χ2v) is 6.61. The fraction of sp³-hybridized carbons (Fsp3) is 0.294. The first kappa shape index (κ1) is 14.0. The number of nitrogens with one attached hydrogen (secondary N) is 1.